The number of rotatable bonds is 9. The van der Waals surface area contributed by atoms with E-state index >= 15 is 0 Å². The zero-order valence-corrected chi connectivity index (χ0v) is 65.5. The Kier molecular flexibility index (Phi) is 16.3. The Balaban J connectivity index is 0.000000116. The summed E-state index contributed by atoms with van der Waals surface area (Å²) in [6.07, 6.45) is 0. The number of fused-ring (bicyclic) bond motifs is 20. The van der Waals surface area contributed by atoms with E-state index in [-0.39, 0.29) is 0 Å². The van der Waals surface area contributed by atoms with Crippen LogP contribution in [0.3, 0.4) is 0 Å². The summed E-state index contributed by atoms with van der Waals surface area (Å²) in [7, 11) is -5.00. The Morgan fingerprint density at radius 1 is 0.200 bits per heavy atom. The molecule has 115 heavy (non-hydrogen) atoms. The normalized spacial score (nSPS) is 12.9. The van der Waals surface area contributed by atoms with Gasteiger partial charge in [-0.05, 0) is 183 Å². The van der Waals surface area contributed by atoms with E-state index in [1.807, 2.05) is 6.07 Å². The van der Waals surface area contributed by atoms with Crippen LogP contribution in [0.2, 0.25) is 5.02 Å². The van der Waals surface area contributed by atoms with Crippen LogP contribution in [-0.2, 0) is 0 Å². The van der Waals surface area contributed by atoms with Crippen molar-refractivity contribution in [2.24, 2.45) is 0 Å². The molecule has 24 rings (SSSR count). The van der Waals surface area contributed by atoms with E-state index in [0.29, 0.717) is 0 Å². The van der Waals surface area contributed by atoms with Gasteiger partial charge in [-0.25, -0.2) is 0 Å². The van der Waals surface area contributed by atoms with Crippen LogP contribution in [0.5, 0.6) is 0 Å². The summed E-state index contributed by atoms with van der Waals surface area (Å²) in [5, 5.41) is 22.4. The highest BCUT2D eigenvalue weighted by Crippen LogP contribution is 2.45. The predicted octanol–water partition coefficient (Wildman–Crippen LogP) is 22.7. The van der Waals surface area contributed by atoms with Crippen LogP contribution in [0, 0.1) is 0 Å². The summed E-state index contributed by atoms with van der Waals surface area (Å²) < 4.78 is 7.35. The minimum absolute atomic E-state index is 0.806. The Morgan fingerprint density at radius 3 is 0.957 bits per heavy atom. The number of aromatic nitrogens is 4. The number of hydrogen-bond acceptors (Lipinski definition) is 0. The van der Waals surface area contributed by atoms with Crippen molar-refractivity contribution in [2.75, 3.05) is 0 Å². The Bertz CT molecular complexity index is 7420. The molecule has 0 saturated carbocycles. The van der Waals surface area contributed by atoms with Gasteiger partial charge < -0.3 is 18.7 Å². The van der Waals surface area contributed by atoms with Gasteiger partial charge in [0.05, 0.1) is 33.1 Å². The maximum Gasteiger partial charge on any atom is 0.180 e. The summed E-state index contributed by atoms with van der Waals surface area (Å²) in [5.74, 6) is 0. The van der Waals surface area contributed by atoms with Gasteiger partial charge in [0.1, 0.15) is 0 Å². The quantitative estimate of drug-likeness (QED) is 0.140. The van der Waals surface area contributed by atoms with Crippen molar-refractivity contribution in [3.63, 3.8) is 0 Å². The molecule has 4 nitrogen and oxygen atoms in total. The molecule has 0 radical (unpaired) electrons. The molecule has 18 aromatic carbocycles. The number of H-pyrrole nitrogens is 1. The molecule has 0 spiro atoms. The summed E-state index contributed by atoms with van der Waals surface area (Å²) in [6.45, 7) is 0. The first kappa shape index (κ1) is 67.8. The first-order valence-electron chi connectivity index (χ1n) is 39.6. The number of nitrogens with zero attached hydrogens (tertiary/aromatic N) is 3. The van der Waals surface area contributed by atoms with Crippen molar-refractivity contribution in [3.8, 4) is 61.6 Å². The van der Waals surface area contributed by atoms with Crippen LogP contribution < -0.4 is 41.5 Å². The van der Waals surface area contributed by atoms with Crippen LogP contribution >= 0.6 is 11.6 Å². The van der Waals surface area contributed by atoms with E-state index in [1.54, 1.807) is 0 Å². The monoisotopic (exact) mass is 1520 g/mol. The first-order chi connectivity index (χ1) is 57.0. The zero-order chi connectivity index (χ0) is 76.1. The molecule has 0 bridgehead atoms. The summed E-state index contributed by atoms with van der Waals surface area (Å²) >= 11 is 6.49. The Morgan fingerprint density at radius 2 is 0.513 bits per heavy atom. The second-order valence-electron chi connectivity index (χ2n) is 30.3. The maximum absolute atomic E-state index is 6.49. The molecular formula is C108H73ClN4Si2. The van der Waals surface area contributed by atoms with Gasteiger partial charge in [-0.1, -0.05) is 351 Å². The number of benzene rings is 18. The second kappa shape index (κ2) is 27.7. The van der Waals surface area contributed by atoms with Crippen molar-refractivity contribution < 1.29 is 0 Å². The third kappa shape index (κ3) is 10.6. The molecule has 540 valence electrons. The standard InChI is InChI=1S/C54H36N2Si.C30H20N2.C24H17ClSi/c1-4-16-37(17-5-1)38-28-30-39(31-29-38)55-47-25-13-10-23-45(47)53-49(55)34-35-50-54(53)46-24-11-14-26-48(46)56(50)40-32-33-44-43-22-12-15-27-51(43)57(52(44)36-40,41-18-6-2-7-19-41)42-20-8-3-9-21-42;1-2-8-20(9-3-1)21-14-16-22(17-15-21)32-27-13-7-5-11-24(27)30-28(32)19-18-26-29(30)23-10-4-6-12-25(23)31-26;25-18-15-16-22-21-13-7-8-14-23(21)26(24(22)17-18,19-9-3-1-4-10-19)20-11-5-2-6-12-20/h1-36H;1-19,31H;1-17H. The fourth-order valence-corrected chi connectivity index (χ4v) is 30.3. The number of hydrogen-bond donors (Lipinski definition) is 1. The number of nitrogens with one attached hydrogen (secondary N) is 1. The molecule has 0 aliphatic carbocycles. The second-order valence-corrected chi connectivity index (χ2v) is 38.2. The lowest BCUT2D eigenvalue weighted by atomic mass is 10.1. The molecule has 4 aromatic heterocycles. The molecule has 6 heterocycles. The maximum atomic E-state index is 6.49. The van der Waals surface area contributed by atoms with Crippen LogP contribution in [-0.4, -0.2) is 34.8 Å². The van der Waals surface area contributed by atoms with E-state index in [0.717, 1.165) is 10.7 Å². The van der Waals surface area contributed by atoms with Gasteiger partial charge in [0.2, 0.25) is 0 Å². The molecule has 2 aliphatic heterocycles. The fraction of sp³-hybridized carbons (Fsp3) is 0. The number of halogens is 1. The van der Waals surface area contributed by atoms with Gasteiger partial charge in [0, 0.05) is 76.2 Å². The highest BCUT2D eigenvalue weighted by Gasteiger charge is 2.50. The molecule has 0 amide bonds. The minimum atomic E-state index is -2.66. The molecule has 0 atom stereocenters. The van der Waals surface area contributed by atoms with Crippen LogP contribution in [0.4, 0.5) is 0 Å². The van der Waals surface area contributed by atoms with E-state index in [9.17, 15) is 0 Å². The average molecular weight is 1520 g/mol. The minimum Gasteiger partial charge on any atom is -0.354 e. The average Bonchev–Trinajstić information content (AvgIpc) is 1.55. The lowest BCUT2D eigenvalue weighted by molar-refractivity contribution is 1.17. The largest absolute Gasteiger partial charge is 0.354 e. The van der Waals surface area contributed by atoms with Gasteiger partial charge in [-0.3, -0.25) is 0 Å². The number of aromatic amines is 1. The molecule has 0 fully saturated rings. The summed E-state index contributed by atoms with van der Waals surface area (Å²) in [6, 6.07) is 160. The third-order valence-electron chi connectivity index (χ3n) is 24.4. The molecule has 22 aromatic rings. The third-order valence-corrected chi connectivity index (χ3v) is 34.3. The molecule has 2 aliphatic rings. The Labute approximate surface area is 673 Å². The van der Waals surface area contributed by atoms with Crippen LogP contribution in [0.15, 0.2) is 437 Å². The van der Waals surface area contributed by atoms with Gasteiger partial charge in [-0.2, -0.15) is 0 Å². The smallest absolute Gasteiger partial charge is 0.180 e. The predicted molar refractivity (Wildman–Crippen MR) is 493 cm³/mol. The molecule has 1 N–H and O–H groups in total. The molecular weight excluding hydrogens is 1440 g/mol. The topological polar surface area (TPSA) is 30.6 Å². The lowest BCUT2D eigenvalue weighted by Gasteiger charge is -2.31. The van der Waals surface area contributed by atoms with Crippen molar-refractivity contribution in [2.45, 2.75) is 0 Å². The van der Waals surface area contributed by atoms with Crippen molar-refractivity contribution >= 4 is 156 Å². The number of para-hydroxylation sites is 4. The molecule has 0 unspecified atom stereocenters. The van der Waals surface area contributed by atoms with Gasteiger partial charge >= 0.3 is 0 Å². The van der Waals surface area contributed by atoms with E-state index in [4.69, 9.17) is 11.6 Å². The van der Waals surface area contributed by atoms with Crippen molar-refractivity contribution in [3.05, 3.63) is 442 Å². The lowest BCUT2D eigenvalue weighted by Crippen LogP contribution is -2.72. The fourth-order valence-electron chi connectivity index (χ4n) is 19.6. The SMILES string of the molecule is Clc1ccc2c(c1)[Si](c1ccccc1)(c1ccccc1)c1ccccc1-2.c1ccc(-c2ccc(-n3c4ccccc4c4c5c(ccc43)[nH]c3ccccc35)cc2)cc1.c1ccc(-c2ccc(-n3c4ccccc4c4c5c6ccccc6n(-c6ccc7c(c6)[Si](c6ccccc6)(c6ccccc6)c6ccccc6-7)c5ccc43)cc2)cc1. The van der Waals surface area contributed by atoms with Crippen LogP contribution in [0.1, 0.15) is 0 Å². The van der Waals surface area contributed by atoms with Gasteiger partial charge in [0.25, 0.3) is 0 Å². The summed E-state index contributed by atoms with van der Waals surface area (Å²) in [4.78, 5) is 3.60. The van der Waals surface area contributed by atoms with Gasteiger partial charge in [0.15, 0.2) is 16.1 Å². The van der Waals surface area contributed by atoms with E-state index in [2.05, 4.69) is 449 Å². The highest BCUT2D eigenvalue weighted by molar-refractivity contribution is 7.23. The van der Waals surface area contributed by atoms with Crippen LogP contribution in [0.25, 0.3) is 149 Å². The molecule has 0 saturated heterocycles. The highest BCUT2D eigenvalue weighted by atomic mass is 35.5. The Hall–Kier alpha value is -14.1. The van der Waals surface area contributed by atoms with E-state index in [1.165, 1.54) is 185 Å². The zero-order valence-electron chi connectivity index (χ0n) is 62.8. The first-order valence-corrected chi connectivity index (χ1v) is 43.9. The van der Waals surface area contributed by atoms with Crippen molar-refractivity contribution in [1.29, 1.82) is 0 Å². The van der Waals surface area contributed by atoms with Gasteiger partial charge in [-0.15, -0.1) is 0 Å². The molecule has 7 heteroatoms. The van der Waals surface area contributed by atoms with E-state index < -0.39 is 16.1 Å². The summed E-state index contributed by atoms with van der Waals surface area (Å²) in [5.41, 5.74) is 23.5. The van der Waals surface area contributed by atoms with Crippen molar-refractivity contribution in [1.82, 2.24) is 18.7 Å².